The molecule has 0 radical (unpaired) electrons. The van der Waals surface area contributed by atoms with Crippen LogP contribution in [0.15, 0.2) is 47.6 Å². The molecule has 1 saturated heterocycles. The molecular weight excluding hydrogens is 395 g/mol. The Morgan fingerprint density at radius 2 is 1.93 bits per heavy atom. The minimum atomic E-state index is -4.30. The number of aromatic nitrogens is 1. The molecule has 1 unspecified atom stereocenters. The van der Waals surface area contributed by atoms with Crippen molar-refractivity contribution >= 4 is 5.96 Å². The molecule has 0 aliphatic carbocycles. The first kappa shape index (κ1) is 21.9. The van der Waals surface area contributed by atoms with E-state index in [-0.39, 0.29) is 6.04 Å². The summed E-state index contributed by atoms with van der Waals surface area (Å²) >= 11 is 0. The number of nitrogens with zero attached hydrogens (tertiary/aromatic N) is 3. The zero-order valence-corrected chi connectivity index (χ0v) is 17.0. The molecule has 1 aliphatic heterocycles. The van der Waals surface area contributed by atoms with Crippen LogP contribution in [0.4, 0.5) is 13.2 Å². The first-order valence-corrected chi connectivity index (χ1v) is 9.72. The standard InChI is InChI=1S/C21H26F3N5O/c1-25-20(27-12-16-5-8-19(30-2)26-11-16)28-18-9-10-29(14-18)13-15-3-6-17(7-4-15)21(22,23)24/h3-8,11,18H,9-10,12-14H2,1-2H3,(H2,25,27,28). The van der Waals surface area contributed by atoms with Crippen LogP contribution in [0.5, 0.6) is 5.88 Å². The Morgan fingerprint density at radius 3 is 2.53 bits per heavy atom. The van der Waals surface area contributed by atoms with Crippen LogP contribution in [0.3, 0.4) is 0 Å². The molecule has 30 heavy (non-hydrogen) atoms. The van der Waals surface area contributed by atoms with Crippen LogP contribution in [-0.2, 0) is 19.3 Å². The summed E-state index contributed by atoms with van der Waals surface area (Å²) in [7, 11) is 3.30. The Balaban J connectivity index is 1.46. The topological polar surface area (TPSA) is 61.8 Å². The Labute approximate surface area is 174 Å². The van der Waals surface area contributed by atoms with Gasteiger partial charge >= 0.3 is 6.18 Å². The van der Waals surface area contributed by atoms with Gasteiger partial charge in [0.1, 0.15) is 0 Å². The lowest BCUT2D eigenvalue weighted by Crippen LogP contribution is -2.44. The van der Waals surface area contributed by atoms with Crippen molar-refractivity contribution < 1.29 is 17.9 Å². The lowest BCUT2D eigenvalue weighted by molar-refractivity contribution is -0.137. The fourth-order valence-corrected chi connectivity index (χ4v) is 3.36. The minimum Gasteiger partial charge on any atom is -0.481 e. The summed E-state index contributed by atoms with van der Waals surface area (Å²) in [6.07, 6.45) is -1.61. The van der Waals surface area contributed by atoms with Crippen LogP contribution in [0.1, 0.15) is 23.1 Å². The number of halogens is 3. The Hall–Kier alpha value is -2.81. The van der Waals surface area contributed by atoms with E-state index < -0.39 is 11.7 Å². The van der Waals surface area contributed by atoms with Crippen molar-refractivity contribution in [3.8, 4) is 5.88 Å². The number of alkyl halides is 3. The molecule has 1 aromatic heterocycles. The third kappa shape index (κ3) is 6.09. The van der Waals surface area contributed by atoms with Gasteiger partial charge < -0.3 is 15.4 Å². The van der Waals surface area contributed by atoms with Crippen molar-refractivity contribution in [2.75, 3.05) is 27.2 Å². The molecule has 9 heteroatoms. The van der Waals surface area contributed by atoms with E-state index in [0.29, 0.717) is 24.9 Å². The van der Waals surface area contributed by atoms with Gasteiger partial charge in [0.2, 0.25) is 5.88 Å². The monoisotopic (exact) mass is 421 g/mol. The van der Waals surface area contributed by atoms with E-state index in [0.717, 1.165) is 42.8 Å². The number of methoxy groups -OCH3 is 1. The first-order valence-electron chi connectivity index (χ1n) is 9.72. The van der Waals surface area contributed by atoms with Crippen LogP contribution in [-0.4, -0.2) is 49.1 Å². The highest BCUT2D eigenvalue weighted by molar-refractivity contribution is 5.80. The maximum atomic E-state index is 12.7. The Kier molecular flexibility index (Phi) is 7.15. The average Bonchev–Trinajstić information content (AvgIpc) is 3.18. The van der Waals surface area contributed by atoms with E-state index >= 15 is 0 Å². The zero-order valence-electron chi connectivity index (χ0n) is 17.0. The summed E-state index contributed by atoms with van der Waals surface area (Å²) in [5.41, 5.74) is 1.27. The number of nitrogens with one attached hydrogen (secondary N) is 2. The highest BCUT2D eigenvalue weighted by Gasteiger charge is 2.30. The molecule has 0 spiro atoms. The third-order valence-electron chi connectivity index (χ3n) is 4.99. The number of pyridine rings is 1. The highest BCUT2D eigenvalue weighted by atomic mass is 19.4. The molecule has 2 heterocycles. The van der Waals surface area contributed by atoms with E-state index in [1.165, 1.54) is 0 Å². The Bertz CT molecular complexity index is 837. The second-order valence-corrected chi connectivity index (χ2v) is 7.19. The van der Waals surface area contributed by atoms with E-state index in [1.807, 2.05) is 12.1 Å². The molecule has 1 aliphatic rings. The van der Waals surface area contributed by atoms with Crippen LogP contribution < -0.4 is 15.4 Å². The maximum Gasteiger partial charge on any atom is 0.416 e. The van der Waals surface area contributed by atoms with Gasteiger partial charge in [0.25, 0.3) is 0 Å². The molecule has 2 N–H and O–H groups in total. The van der Waals surface area contributed by atoms with Gasteiger partial charge in [-0.15, -0.1) is 0 Å². The summed E-state index contributed by atoms with van der Waals surface area (Å²) < 4.78 is 43.1. The summed E-state index contributed by atoms with van der Waals surface area (Å²) in [6.45, 7) is 2.88. The second-order valence-electron chi connectivity index (χ2n) is 7.19. The molecule has 162 valence electrons. The van der Waals surface area contributed by atoms with Crippen molar-refractivity contribution in [3.05, 3.63) is 59.3 Å². The SMILES string of the molecule is CN=C(NCc1ccc(OC)nc1)NC1CCN(Cc2ccc(C(F)(F)F)cc2)C1. The van der Waals surface area contributed by atoms with E-state index in [2.05, 4.69) is 25.5 Å². The van der Waals surface area contributed by atoms with Gasteiger partial charge in [-0.25, -0.2) is 4.98 Å². The van der Waals surface area contributed by atoms with Crippen molar-refractivity contribution in [1.82, 2.24) is 20.5 Å². The van der Waals surface area contributed by atoms with Gasteiger partial charge in [-0.3, -0.25) is 9.89 Å². The molecule has 0 bridgehead atoms. The van der Waals surface area contributed by atoms with Crippen molar-refractivity contribution in [3.63, 3.8) is 0 Å². The van der Waals surface area contributed by atoms with Gasteiger partial charge in [0.05, 0.1) is 12.7 Å². The number of hydrogen-bond donors (Lipinski definition) is 2. The minimum absolute atomic E-state index is 0.222. The van der Waals surface area contributed by atoms with Gasteiger partial charge in [-0.1, -0.05) is 18.2 Å². The molecule has 2 aromatic rings. The number of benzene rings is 1. The fraction of sp³-hybridized carbons (Fsp3) is 0.429. The molecule has 0 amide bonds. The third-order valence-corrected chi connectivity index (χ3v) is 4.99. The van der Waals surface area contributed by atoms with Crippen LogP contribution in [0.25, 0.3) is 0 Å². The number of guanidine groups is 1. The first-order chi connectivity index (χ1) is 14.4. The molecule has 1 atom stereocenters. The predicted molar refractivity (Wildman–Crippen MR) is 109 cm³/mol. The average molecular weight is 421 g/mol. The van der Waals surface area contributed by atoms with Gasteiger partial charge in [0.15, 0.2) is 5.96 Å². The highest BCUT2D eigenvalue weighted by Crippen LogP contribution is 2.29. The lowest BCUT2D eigenvalue weighted by atomic mass is 10.1. The van der Waals surface area contributed by atoms with E-state index in [1.54, 1.807) is 32.5 Å². The molecule has 6 nitrogen and oxygen atoms in total. The van der Waals surface area contributed by atoms with Crippen LogP contribution in [0.2, 0.25) is 0 Å². The van der Waals surface area contributed by atoms with E-state index in [9.17, 15) is 13.2 Å². The summed E-state index contributed by atoms with van der Waals surface area (Å²) in [5, 5.41) is 6.67. The van der Waals surface area contributed by atoms with Gasteiger partial charge in [-0.05, 0) is 29.7 Å². The second kappa shape index (κ2) is 9.80. The zero-order chi connectivity index (χ0) is 21.6. The van der Waals surface area contributed by atoms with Gasteiger partial charge in [-0.2, -0.15) is 13.2 Å². The number of likely N-dealkylation sites (tertiary alicyclic amines) is 1. The normalized spacial score (nSPS) is 17.8. The summed E-state index contributed by atoms with van der Waals surface area (Å²) in [5.74, 6) is 1.27. The number of rotatable bonds is 6. The van der Waals surface area contributed by atoms with Crippen molar-refractivity contribution in [2.45, 2.75) is 31.7 Å². The smallest absolute Gasteiger partial charge is 0.416 e. The maximum absolute atomic E-state index is 12.7. The largest absolute Gasteiger partial charge is 0.481 e. The molecule has 1 fully saturated rings. The van der Waals surface area contributed by atoms with E-state index in [4.69, 9.17) is 4.74 Å². The molecule has 3 rings (SSSR count). The van der Waals surface area contributed by atoms with Crippen LogP contribution >= 0.6 is 0 Å². The molecule has 0 saturated carbocycles. The summed E-state index contributed by atoms with van der Waals surface area (Å²) in [4.78, 5) is 10.7. The summed E-state index contributed by atoms with van der Waals surface area (Å²) in [6, 6.07) is 9.35. The lowest BCUT2D eigenvalue weighted by Gasteiger charge is -2.19. The van der Waals surface area contributed by atoms with Crippen molar-refractivity contribution in [1.29, 1.82) is 0 Å². The fourth-order valence-electron chi connectivity index (χ4n) is 3.36. The van der Waals surface area contributed by atoms with Crippen LogP contribution in [0, 0.1) is 0 Å². The van der Waals surface area contributed by atoms with Crippen molar-refractivity contribution in [2.24, 2.45) is 4.99 Å². The quantitative estimate of drug-likeness (QED) is 0.555. The molecular formula is C21H26F3N5O. The predicted octanol–water partition coefficient (Wildman–Crippen LogP) is 3.05. The Morgan fingerprint density at radius 1 is 1.20 bits per heavy atom. The molecule has 1 aromatic carbocycles. The van der Waals surface area contributed by atoms with Gasteiger partial charge in [0, 0.05) is 51.5 Å². The number of hydrogen-bond acceptors (Lipinski definition) is 4. The number of aliphatic imine (C=N–C) groups is 1. The number of ether oxygens (including phenoxy) is 1.